The lowest BCUT2D eigenvalue weighted by Gasteiger charge is -1.83. The molecule has 0 radical (unpaired) electrons. The molecule has 0 nitrogen and oxygen atoms in total. The molecule has 0 amide bonds. The number of thiol groups is 2. The zero-order valence-corrected chi connectivity index (χ0v) is 5.47. The summed E-state index contributed by atoms with van der Waals surface area (Å²) < 4.78 is 0. The van der Waals surface area contributed by atoms with Crippen molar-refractivity contribution in [1.29, 1.82) is 0 Å². The van der Waals surface area contributed by atoms with Crippen molar-refractivity contribution in [1.82, 2.24) is 0 Å². The highest BCUT2D eigenvalue weighted by molar-refractivity contribution is 7.83. The Balaban J connectivity index is 3.22. The molecule has 0 aromatic rings. The van der Waals surface area contributed by atoms with Gasteiger partial charge in [-0.15, -0.1) is 0 Å². The summed E-state index contributed by atoms with van der Waals surface area (Å²) in [6.45, 7) is 1.99. The lowest BCUT2D eigenvalue weighted by molar-refractivity contribution is 1.44. The molecule has 0 aliphatic carbocycles. The number of hydrogen-bond donors (Lipinski definition) is 2. The second kappa shape index (κ2) is 3.62. The molecular formula is C4H8S2. The van der Waals surface area contributed by atoms with Crippen LogP contribution < -0.4 is 0 Å². The summed E-state index contributed by atoms with van der Waals surface area (Å²) in [4.78, 5) is 0. The van der Waals surface area contributed by atoms with E-state index < -0.39 is 0 Å². The Labute approximate surface area is 49.5 Å². The van der Waals surface area contributed by atoms with Crippen LogP contribution in [0.2, 0.25) is 0 Å². The highest BCUT2D eigenvalue weighted by Crippen LogP contribution is 1.94. The first-order valence-corrected chi connectivity index (χ1v) is 2.87. The molecule has 6 heavy (non-hydrogen) atoms. The van der Waals surface area contributed by atoms with Gasteiger partial charge in [0.15, 0.2) is 0 Å². The maximum absolute atomic E-state index is 3.98. The molecule has 0 N–H and O–H groups in total. The average Bonchev–Trinajstić information content (AvgIpc) is 1.65. The molecule has 2 heteroatoms. The molecule has 0 bridgehead atoms. The number of rotatable bonds is 1. The fraction of sp³-hybridized carbons (Fsp3) is 0.500. The van der Waals surface area contributed by atoms with Crippen LogP contribution in [0.3, 0.4) is 0 Å². The summed E-state index contributed by atoms with van der Waals surface area (Å²) in [6.07, 6.45) is 0. The van der Waals surface area contributed by atoms with Crippen molar-refractivity contribution in [2.75, 3.05) is 5.75 Å². The molecule has 0 atom stereocenters. The van der Waals surface area contributed by atoms with Gasteiger partial charge in [0.05, 0.1) is 0 Å². The molecule has 0 saturated heterocycles. The molecule has 0 rings (SSSR count). The van der Waals surface area contributed by atoms with Gasteiger partial charge in [0.2, 0.25) is 0 Å². The number of hydrogen-bond acceptors (Lipinski definition) is 2. The monoisotopic (exact) mass is 120 g/mol. The van der Waals surface area contributed by atoms with Gasteiger partial charge in [-0.3, -0.25) is 0 Å². The van der Waals surface area contributed by atoms with Gasteiger partial charge < -0.3 is 0 Å². The van der Waals surface area contributed by atoms with E-state index >= 15 is 0 Å². The first kappa shape index (κ1) is 6.44. The average molecular weight is 120 g/mol. The van der Waals surface area contributed by atoms with E-state index in [9.17, 15) is 0 Å². The minimum absolute atomic E-state index is 0.809. The zero-order chi connectivity index (χ0) is 4.99. The Morgan fingerprint density at radius 1 is 1.83 bits per heavy atom. The van der Waals surface area contributed by atoms with E-state index in [0.717, 1.165) is 5.75 Å². The Kier molecular flexibility index (Phi) is 3.89. The fourth-order valence-corrected chi connectivity index (χ4v) is 0.367. The third-order valence-electron chi connectivity index (χ3n) is 0.470. The summed E-state index contributed by atoms with van der Waals surface area (Å²) >= 11 is 7.86. The van der Waals surface area contributed by atoms with E-state index in [2.05, 4.69) is 25.3 Å². The van der Waals surface area contributed by atoms with Crippen LogP contribution in [-0.2, 0) is 0 Å². The van der Waals surface area contributed by atoms with E-state index in [1.54, 1.807) is 5.41 Å². The summed E-state index contributed by atoms with van der Waals surface area (Å²) in [5, 5.41) is 1.76. The lowest BCUT2D eigenvalue weighted by atomic mass is 10.4. The van der Waals surface area contributed by atoms with Crippen LogP contribution >= 0.6 is 25.3 Å². The Bertz CT molecular complexity index is 56.6. The Hall–Kier alpha value is 0.440. The van der Waals surface area contributed by atoms with Crippen molar-refractivity contribution in [2.24, 2.45) is 0 Å². The van der Waals surface area contributed by atoms with Gasteiger partial charge in [0, 0.05) is 5.75 Å². The van der Waals surface area contributed by atoms with Crippen molar-refractivity contribution in [3.05, 3.63) is 11.0 Å². The predicted molar refractivity (Wildman–Crippen MR) is 36.6 cm³/mol. The summed E-state index contributed by atoms with van der Waals surface area (Å²) in [5.41, 5.74) is 1.20. The summed E-state index contributed by atoms with van der Waals surface area (Å²) in [5.74, 6) is 0.809. The molecule has 0 spiro atoms. The molecule has 36 valence electrons. The Morgan fingerprint density at radius 2 is 2.33 bits per heavy atom. The van der Waals surface area contributed by atoms with Crippen molar-refractivity contribution in [3.63, 3.8) is 0 Å². The quantitative estimate of drug-likeness (QED) is 0.484. The topological polar surface area (TPSA) is 0 Å². The minimum atomic E-state index is 0.809. The third-order valence-corrected chi connectivity index (χ3v) is 1.41. The fourth-order valence-electron chi connectivity index (χ4n) is 0.0408. The van der Waals surface area contributed by atoms with Crippen LogP contribution in [0.25, 0.3) is 0 Å². The maximum atomic E-state index is 3.98. The van der Waals surface area contributed by atoms with Gasteiger partial charge in [-0.05, 0) is 12.3 Å². The highest BCUT2D eigenvalue weighted by atomic mass is 32.1. The maximum Gasteiger partial charge on any atom is 0.0118 e. The standard InChI is InChI=1S/C4H8S2/c1-4(2-5)3-6/h2,5-6H,3H2,1H3. The van der Waals surface area contributed by atoms with Crippen molar-refractivity contribution in [3.8, 4) is 0 Å². The smallest absolute Gasteiger partial charge is 0.0118 e. The van der Waals surface area contributed by atoms with Crippen LogP contribution in [0.1, 0.15) is 6.92 Å². The van der Waals surface area contributed by atoms with Crippen molar-refractivity contribution < 1.29 is 0 Å². The van der Waals surface area contributed by atoms with Gasteiger partial charge in [0.25, 0.3) is 0 Å². The highest BCUT2D eigenvalue weighted by Gasteiger charge is 1.74. The largest absolute Gasteiger partial charge is 0.175 e. The van der Waals surface area contributed by atoms with Gasteiger partial charge in [0.1, 0.15) is 0 Å². The Morgan fingerprint density at radius 3 is 2.33 bits per heavy atom. The van der Waals surface area contributed by atoms with E-state index in [0.29, 0.717) is 0 Å². The molecular weight excluding hydrogens is 112 g/mol. The molecule has 0 aliphatic rings. The molecule has 0 aromatic heterocycles. The molecule has 0 aliphatic heterocycles. The summed E-state index contributed by atoms with van der Waals surface area (Å²) in [6, 6.07) is 0. The van der Waals surface area contributed by atoms with Crippen LogP contribution in [0.5, 0.6) is 0 Å². The van der Waals surface area contributed by atoms with Crippen LogP contribution in [0, 0.1) is 0 Å². The first-order valence-electron chi connectivity index (χ1n) is 1.72. The van der Waals surface area contributed by atoms with E-state index in [1.165, 1.54) is 5.57 Å². The SMILES string of the molecule is CC(=CS)CS. The van der Waals surface area contributed by atoms with Crippen LogP contribution in [0.4, 0.5) is 0 Å². The van der Waals surface area contributed by atoms with Crippen LogP contribution in [0.15, 0.2) is 11.0 Å². The van der Waals surface area contributed by atoms with E-state index in [-0.39, 0.29) is 0 Å². The third kappa shape index (κ3) is 2.67. The van der Waals surface area contributed by atoms with Gasteiger partial charge >= 0.3 is 0 Å². The normalized spacial score (nSPS) is 12.2. The molecule has 0 aromatic carbocycles. The minimum Gasteiger partial charge on any atom is -0.175 e. The molecule has 0 heterocycles. The second-order valence-corrected chi connectivity index (χ2v) is 1.71. The van der Waals surface area contributed by atoms with Crippen molar-refractivity contribution >= 4 is 25.3 Å². The van der Waals surface area contributed by atoms with Crippen molar-refractivity contribution in [2.45, 2.75) is 6.92 Å². The van der Waals surface area contributed by atoms with Gasteiger partial charge in [-0.1, -0.05) is 5.57 Å². The van der Waals surface area contributed by atoms with Gasteiger partial charge in [-0.2, -0.15) is 25.3 Å². The zero-order valence-electron chi connectivity index (χ0n) is 3.68. The second-order valence-electron chi connectivity index (χ2n) is 1.13. The van der Waals surface area contributed by atoms with E-state index in [1.807, 2.05) is 6.92 Å². The summed E-state index contributed by atoms with van der Waals surface area (Å²) in [7, 11) is 0. The lowest BCUT2D eigenvalue weighted by Crippen LogP contribution is -1.69. The van der Waals surface area contributed by atoms with Crippen LogP contribution in [-0.4, -0.2) is 5.75 Å². The molecule has 0 fully saturated rings. The van der Waals surface area contributed by atoms with Gasteiger partial charge in [-0.25, -0.2) is 0 Å². The molecule has 0 unspecified atom stereocenters. The van der Waals surface area contributed by atoms with E-state index in [4.69, 9.17) is 0 Å². The molecule has 0 saturated carbocycles. The first-order chi connectivity index (χ1) is 2.81. The predicted octanol–water partition coefficient (Wildman–Crippen LogP) is 1.75.